The first-order valence-corrected chi connectivity index (χ1v) is 6.74. The number of ketones is 1. The third kappa shape index (κ3) is 3.44. The van der Waals surface area contributed by atoms with E-state index in [0.717, 1.165) is 18.6 Å². The van der Waals surface area contributed by atoms with Gasteiger partial charge in [0.2, 0.25) is 0 Å². The molecule has 3 heteroatoms. The average Bonchev–Trinajstić information content (AvgIpc) is 2.48. The molecule has 0 radical (unpaired) electrons. The minimum absolute atomic E-state index is 0.0900. The van der Waals surface area contributed by atoms with Crippen LogP contribution in [-0.4, -0.2) is 12.4 Å². The van der Waals surface area contributed by atoms with E-state index in [-0.39, 0.29) is 11.3 Å². The number of rotatable bonds is 6. The van der Waals surface area contributed by atoms with E-state index in [2.05, 4.69) is 6.92 Å². The van der Waals surface area contributed by atoms with Crippen molar-refractivity contribution in [3.8, 4) is 5.75 Å². The van der Waals surface area contributed by atoms with Crippen LogP contribution in [0.15, 0.2) is 48.5 Å². The molecule has 2 aromatic rings. The van der Waals surface area contributed by atoms with E-state index in [1.807, 2.05) is 0 Å². The summed E-state index contributed by atoms with van der Waals surface area (Å²) in [7, 11) is 0. The van der Waals surface area contributed by atoms with Crippen LogP contribution in [0.1, 0.15) is 35.7 Å². The zero-order chi connectivity index (χ0) is 14.4. The first-order chi connectivity index (χ1) is 9.72. The molecular formula is C17H17FO2. The fourth-order valence-electron chi connectivity index (χ4n) is 1.84. The summed E-state index contributed by atoms with van der Waals surface area (Å²) in [6, 6.07) is 12.8. The molecule has 0 aliphatic carbocycles. The average molecular weight is 272 g/mol. The van der Waals surface area contributed by atoms with Crippen molar-refractivity contribution in [3.63, 3.8) is 0 Å². The number of ether oxygens (including phenoxy) is 1. The van der Waals surface area contributed by atoms with Crippen LogP contribution in [0.25, 0.3) is 0 Å². The van der Waals surface area contributed by atoms with E-state index >= 15 is 0 Å². The van der Waals surface area contributed by atoms with E-state index < -0.39 is 5.82 Å². The summed E-state index contributed by atoms with van der Waals surface area (Å²) in [6.07, 6.45) is 2.07. The number of halogens is 1. The maximum atomic E-state index is 13.6. The first-order valence-electron chi connectivity index (χ1n) is 6.74. The summed E-state index contributed by atoms with van der Waals surface area (Å²) >= 11 is 0. The second-order valence-electron chi connectivity index (χ2n) is 4.54. The van der Waals surface area contributed by atoms with Gasteiger partial charge in [0, 0.05) is 5.56 Å². The summed E-state index contributed by atoms with van der Waals surface area (Å²) in [6.45, 7) is 2.76. The molecule has 0 saturated heterocycles. The molecule has 0 fully saturated rings. The fraction of sp³-hybridized carbons (Fsp3) is 0.235. The summed E-state index contributed by atoms with van der Waals surface area (Å²) in [4.78, 5) is 12.2. The predicted molar refractivity (Wildman–Crippen MR) is 76.7 cm³/mol. The molecule has 0 saturated carbocycles. The molecule has 0 unspecified atom stereocenters. The van der Waals surface area contributed by atoms with Gasteiger partial charge in [0.1, 0.15) is 11.6 Å². The molecule has 2 aromatic carbocycles. The molecule has 0 atom stereocenters. The van der Waals surface area contributed by atoms with Crippen LogP contribution in [0.3, 0.4) is 0 Å². The molecule has 0 aliphatic heterocycles. The van der Waals surface area contributed by atoms with Crippen molar-refractivity contribution < 1.29 is 13.9 Å². The quantitative estimate of drug-likeness (QED) is 0.581. The SMILES string of the molecule is CCCCOc1ccc(C(=O)c2ccccc2F)cc1. The van der Waals surface area contributed by atoms with E-state index in [0.29, 0.717) is 12.2 Å². The zero-order valence-corrected chi connectivity index (χ0v) is 11.4. The highest BCUT2D eigenvalue weighted by molar-refractivity contribution is 6.09. The largest absolute Gasteiger partial charge is 0.494 e. The Hall–Kier alpha value is -2.16. The van der Waals surface area contributed by atoms with Crippen LogP contribution in [0.5, 0.6) is 5.75 Å². The van der Waals surface area contributed by atoms with Crippen LogP contribution >= 0.6 is 0 Å². The summed E-state index contributed by atoms with van der Waals surface area (Å²) in [5, 5.41) is 0. The molecule has 104 valence electrons. The minimum atomic E-state index is -0.499. The molecule has 0 aromatic heterocycles. The molecule has 0 bridgehead atoms. The van der Waals surface area contributed by atoms with Gasteiger partial charge in [-0.3, -0.25) is 4.79 Å². The van der Waals surface area contributed by atoms with Crippen LogP contribution in [-0.2, 0) is 0 Å². The third-order valence-corrected chi connectivity index (χ3v) is 3.00. The van der Waals surface area contributed by atoms with Crippen molar-refractivity contribution in [2.24, 2.45) is 0 Å². The monoisotopic (exact) mass is 272 g/mol. The molecule has 20 heavy (non-hydrogen) atoms. The van der Waals surface area contributed by atoms with E-state index in [1.54, 1.807) is 36.4 Å². The van der Waals surface area contributed by atoms with Crippen LogP contribution in [0, 0.1) is 5.82 Å². The maximum absolute atomic E-state index is 13.6. The Morgan fingerprint density at radius 3 is 2.45 bits per heavy atom. The smallest absolute Gasteiger partial charge is 0.195 e. The molecular weight excluding hydrogens is 255 g/mol. The lowest BCUT2D eigenvalue weighted by molar-refractivity contribution is 0.103. The second kappa shape index (κ2) is 6.85. The number of benzene rings is 2. The Morgan fingerprint density at radius 2 is 1.80 bits per heavy atom. The van der Waals surface area contributed by atoms with Gasteiger partial charge in [-0.1, -0.05) is 25.5 Å². The van der Waals surface area contributed by atoms with Gasteiger partial charge in [-0.25, -0.2) is 4.39 Å². The van der Waals surface area contributed by atoms with Crippen molar-refractivity contribution in [3.05, 3.63) is 65.5 Å². The highest BCUT2D eigenvalue weighted by atomic mass is 19.1. The van der Waals surface area contributed by atoms with Crippen molar-refractivity contribution >= 4 is 5.78 Å². The van der Waals surface area contributed by atoms with Gasteiger partial charge in [0.05, 0.1) is 12.2 Å². The molecule has 0 aliphatic rings. The first kappa shape index (κ1) is 14.3. The highest BCUT2D eigenvalue weighted by Gasteiger charge is 2.13. The molecule has 0 spiro atoms. The second-order valence-corrected chi connectivity index (χ2v) is 4.54. The van der Waals surface area contributed by atoms with Gasteiger partial charge in [0.15, 0.2) is 5.78 Å². The predicted octanol–water partition coefficient (Wildman–Crippen LogP) is 4.24. The Balaban J connectivity index is 2.10. The summed E-state index contributed by atoms with van der Waals surface area (Å²) < 4.78 is 19.1. The van der Waals surface area contributed by atoms with Gasteiger partial charge in [0.25, 0.3) is 0 Å². The van der Waals surface area contributed by atoms with Gasteiger partial charge in [-0.05, 0) is 42.8 Å². The lowest BCUT2D eigenvalue weighted by atomic mass is 10.0. The number of carbonyl (C=O) groups is 1. The van der Waals surface area contributed by atoms with E-state index in [1.165, 1.54) is 12.1 Å². The maximum Gasteiger partial charge on any atom is 0.195 e. The minimum Gasteiger partial charge on any atom is -0.494 e. The van der Waals surface area contributed by atoms with E-state index in [9.17, 15) is 9.18 Å². The third-order valence-electron chi connectivity index (χ3n) is 3.00. The molecule has 0 amide bonds. The van der Waals surface area contributed by atoms with Crippen LogP contribution < -0.4 is 4.74 Å². The van der Waals surface area contributed by atoms with Gasteiger partial charge in [-0.15, -0.1) is 0 Å². The van der Waals surface area contributed by atoms with Gasteiger partial charge < -0.3 is 4.74 Å². The summed E-state index contributed by atoms with van der Waals surface area (Å²) in [5.74, 6) is -0.0903. The van der Waals surface area contributed by atoms with Crippen molar-refractivity contribution in [2.45, 2.75) is 19.8 Å². The molecule has 0 heterocycles. The normalized spacial score (nSPS) is 10.3. The van der Waals surface area contributed by atoms with Crippen LogP contribution in [0.4, 0.5) is 4.39 Å². The van der Waals surface area contributed by atoms with Crippen LogP contribution in [0.2, 0.25) is 0 Å². The highest BCUT2D eigenvalue weighted by Crippen LogP contribution is 2.17. The summed E-state index contributed by atoms with van der Waals surface area (Å²) in [5.41, 5.74) is 0.546. The zero-order valence-electron chi connectivity index (χ0n) is 11.4. The Labute approximate surface area is 118 Å². The van der Waals surface area contributed by atoms with Gasteiger partial charge >= 0.3 is 0 Å². The standard InChI is InChI=1S/C17H17FO2/c1-2-3-12-20-14-10-8-13(9-11-14)17(19)15-6-4-5-7-16(15)18/h4-11H,2-3,12H2,1H3. The lowest BCUT2D eigenvalue weighted by Crippen LogP contribution is -2.04. The molecule has 2 rings (SSSR count). The fourth-order valence-corrected chi connectivity index (χ4v) is 1.84. The van der Waals surface area contributed by atoms with Crippen molar-refractivity contribution in [1.82, 2.24) is 0 Å². The topological polar surface area (TPSA) is 26.3 Å². The lowest BCUT2D eigenvalue weighted by Gasteiger charge is -2.06. The van der Waals surface area contributed by atoms with Gasteiger partial charge in [-0.2, -0.15) is 0 Å². The molecule has 2 nitrogen and oxygen atoms in total. The number of carbonyl (C=O) groups excluding carboxylic acids is 1. The molecule has 0 N–H and O–H groups in total. The Morgan fingerprint density at radius 1 is 1.10 bits per heavy atom. The number of unbranched alkanes of at least 4 members (excludes halogenated alkanes) is 1. The van der Waals surface area contributed by atoms with Crippen molar-refractivity contribution in [2.75, 3.05) is 6.61 Å². The Kier molecular flexibility index (Phi) is 4.88. The number of hydrogen-bond acceptors (Lipinski definition) is 2. The van der Waals surface area contributed by atoms with Crippen molar-refractivity contribution in [1.29, 1.82) is 0 Å². The van der Waals surface area contributed by atoms with E-state index in [4.69, 9.17) is 4.74 Å². The Bertz CT molecular complexity index is 576. The number of hydrogen-bond donors (Lipinski definition) is 0.